The van der Waals surface area contributed by atoms with Crippen molar-refractivity contribution >= 4 is 11.8 Å². The molecular weight excluding hydrogens is 276 g/mol. The summed E-state index contributed by atoms with van der Waals surface area (Å²) in [5, 5.41) is 5.60. The molecule has 0 spiro atoms. The predicted octanol–water partition coefficient (Wildman–Crippen LogP) is 2.42. The van der Waals surface area contributed by atoms with Gasteiger partial charge in [-0.1, -0.05) is 60.7 Å². The van der Waals surface area contributed by atoms with Crippen molar-refractivity contribution in [3.05, 3.63) is 71.8 Å². The second kappa shape index (κ2) is 7.41. The van der Waals surface area contributed by atoms with E-state index in [9.17, 15) is 9.59 Å². The van der Waals surface area contributed by atoms with Crippen LogP contribution in [0.15, 0.2) is 60.7 Å². The third-order valence-corrected chi connectivity index (χ3v) is 3.37. The number of hydrogen-bond donors (Lipinski definition) is 2. The van der Waals surface area contributed by atoms with E-state index >= 15 is 0 Å². The Morgan fingerprint density at radius 1 is 0.818 bits per heavy atom. The minimum absolute atomic E-state index is 0.215. The zero-order chi connectivity index (χ0) is 15.9. The Morgan fingerprint density at radius 3 is 1.68 bits per heavy atom. The third-order valence-electron chi connectivity index (χ3n) is 3.37. The third kappa shape index (κ3) is 4.19. The number of carbonyl (C=O) groups is 2. The van der Waals surface area contributed by atoms with Crippen molar-refractivity contribution in [2.24, 2.45) is 0 Å². The summed E-state index contributed by atoms with van der Waals surface area (Å²) >= 11 is 0. The van der Waals surface area contributed by atoms with Crippen LogP contribution in [0.1, 0.15) is 31.0 Å². The molecule has 22 heavy (non-hydrogen) atoms. The van der Waals surface area contributed by atoms with Gasteiger partial charge in [-0.05, 0) is 18.1 Å². The molecule has 2 aromatic carbocycles. The van der Waals surface area contributed by atoms with Crippen LogP contribution in [-0.2, 0) is 9.59 Å². The maximum Gasteiger partial charge on any atom is 0.243 e. The lowest BCUT2D eigenvalue weighted by atomic mass is 9.98. The average molecular weight is 296 g/mol. The summed E-state index contributed by atoms with van der Waals surface area (Å²) in [5.41, 5.74) is 1.99. The van der Waals surface area contributed by atoms with E-state index in [1.807, 2.05) is 60.7 Å². The van der Waals surface area contributed by atoms with Gasteiger partial charge in [0, 0.05) is 6.92 Å². The highest BCUT2D eigenvalue weighted by Gasteiger charge is 2.20. The number of carbonyl (C=O) groups excluding carboxylic acids is 2. The molecule has 2 rings (SSSR count). The lowest BCUT2D eigenvalue weighted by Gasteiger charge is -2.22. The van der Waals surface area contributed by atoms with Crippen molar-refractivity contribution in [2.45, 2.75) is 25.9 Å². The fraction of sp³-hybridized carbons (Fsp3) is 0.222. The van der Waals surface area contributed by atoms with Gasteiger partial charge in [0.25, 0.3) is 0 Å². The number of amides is 2. The number of benzene rings is 2. The molecule has 0 radical (unpaired) electrons. The quantitative estimate of drug-likeness (QED) is 0.890. The standard InChI is InChI=1S/C18H20N2O2/c1-13(19-14(2)21)18(22)20-17(15-9-5-3-6-10-15)16-11-7-4-8-12-16/h3-13,17H,1-2H3,(H,19,21)(H,20,22). The first kappa shape index (κ1) is 15.8. The van der Waals surface area contributed by atoms with Gasteiger partial charge >= 0.3 is 0 Å². The van der Waals surface area contributed by atoms with Gasteiger partial charge in [0.1, 0.15) is 6.04 Å². The molecule has 0 aliphatic rings. The van der Waals surface area contributed by atoms with Crippen molar-refractivity contribution in [2.75, 3.05) is 0 Å². The fourth-order valence-electron chi connectivity index (χ4n) is 2.29. The molecule has 114 valence electrons. The molecule has 2 aromatic rings. The Bertz CT molecular complexity index is 587. The van der Waals surface area contributed by atoms with E-state index in [-0.39, 0.29) is 17.9 Å². The van der Waals surface area contributed by atoms with E-state index in [4.69, 9.17) is 0 Å². The Hall–Kier alpha value is -2.62. The lowest BCUT2D eigenvalue weighted by molar-refractivity contribution is -0.127. The van der Waals surface area contributed by atoms with Crippen LogP contribution in [-0.4, -0.2) is 17.9 Å². The highest BCUT2D eigenvalue weighted by molar-refractivity contribution is 5.86. The van der Waals surface area contributed by atoms with Gasteiger partial charge in [-0.2, -0.15) is 0 Å². The summed E-state index contributed by atoms with van der Waals surface area (Å²) in [5.74, 6) is -0.438. The fourth-order valence-corrected chi connectivity index (χ4v) is 2.29. The molecule has 0 fully saturated rings. The molecule has 2 amide bonds. The van der Waals surface area contributed by atoms with Crippen molar-refractivity contribution in [1.82, 2.24) is 10.6 Å². The number of nitrogens with one attached hydrogen (secondary N) is 2. The molecule has 4 heteroatoms. The van der Waals surface area contributed by atoms with Crippen molar-refractivity contribution in [1.29, 1.82) is 0 Å². The van der Waals surface area contributed by atoms with Crippen LogP contribution in [0.25, 0.3) is 0 Å². The summed E-state index contributed by atoms with van der Waals surface area (Å²) in [7, 11) is 0. The SMILES string of the molecule is CC(=O)NC(C)C(=O)NC(c1ccccc1)c1ccccc1. The van der Waals surface area contributed by atoms with Gasteiger partial charge in [0.15, 0.2) is 0 Å². The molecule has 0 aromatic heterocycles. The topological polar surface area (TPSA) is 58.2 Å². The first-order chi connectivity index (χ1) is 10.6. The van der Waals surface area contributed by atoms with E-state index in [0.717, 1.165) is 11.1 Å². The van der Waals surface area contributed by atoms with E-state index in [1.165, 1.54) is 6.92 Å². The van der Waals surface area contributed by atoms with Crippen LogP contribution in [0.4, 0.5) is 0 Å². The van der Waals surface area contributed by atoms with Crippen molar-refractivity contribution in [3.8, 4) is 0 Å². The molecule has 0 saturated heterocycles. The molecule has 1 atom stereocenters. The highest BCUT2D eigenvalue weighted by atomic mass is 16.2. The smallest absolute Gasteiger partial charge is 0.243 e. The molecular formula is C18H20N2O2. The summed E-state index contributed by atoms with van der Waals surface area (Å²) < 4.78 is 0. The molecule has 0 aliphatic heterocycles. The largest absolute Gasteiger partial charge is 0.345 e. The molecule has 0 aliphatic carbocycles. The second-order valence-electron chi connectivity index (χ2n) is 5.19. The van der Waals surface area contributed by atoms with Gasteiger partial charge in [-0.15, -0.1) is 0 Å². The zero-order valence-electron chi connectivity index (χ0n) is 12.7. The van der Waals surface area contributed by atoms with Crippen LogP contribution >= 0.6 is 0 Å². The minimum Gasteiger partial charge on any atom is -0.345 e. The number of rotatable bonds is 5. The maximum absolute atomic E-state index is 12.3. The Balaban J connectivity index is 2.23. The van der Waals surface area contributed by atoms with Gasteiger partial charge in [-0.25, -0.2) is 0 Å². The molecule has 0 heterocycles. The van der Waals surface area contributed by atoms with Crippen LogP contribution in [0.3, 0.4) is 0 Å². The van der Waals surface area contributed by atoms with Gasteiger partial charge in [-0.3, -0.25) is 9.59 Å². The van der Waals surface area contributed by atoms with E-state index < -0.39 is 6.04 Å². The summed E-state index contributed by atoms with van der Waals surface area (Å²) in [6, 6.07) is 18.7. The molecule has 4 nitrogen and oxygen atoms in total. The van der Waals surface area contributed by atoms with Crippen LogP contribution < -0.4 is 10.6 Å². The Labute approximate surface area is 130 Å². The lowest BCUT2D eigenvalue weighted by Crippen LogP contribution is -2.45. The first-order valence-corrected chi connectivity index (χ1v) is 7.25. The number of hydrogen-bond acceptors (Lipinski definition) is 2. The molecule has 0 saturated carbocycles. The predicted molar refractivity (Wildman–Crippen MR) is 86.1 cm³/mol. The monoisotopic (exact) mass is 296 g/mol. The summed E-state index contributed by atoms with van der Waals surface area (Å²) in [6.45, 7) is 3.07. The van der Waals surface area contributed by atoms with Gasteiger partial charge in [0.05, 0.1) is 6.04 Å². The normalized spacial score (nSPS) is 11.8. The van der Waals surface area contributed by atoms with Gasteiger partial charge < -0.3 is 10.6 Å². The molecule has 2 N–H and O–H groups in total. The van der Waals surface area contributed by atoms with Crippen LogP contribution in [0, 0.1) is 0 Å². The van der Waals surface area contributed by atoms with E-state index in [1.54, 1.807) is 6.92 Å². The van der Waals surface area contributed by atoms with Crippen molar-refractivity contribution < 1.29 is 9.59 Å². The minimum atomic E-state index is -0.576. The second-order valence-corrected chi connectivity index (χ2v) is 5.19. The zero-order valence-corrected chi connectivity index (χ0v) is 12.7. The van der Waals surface area contributed by atoms with E-state index in [0.29, 0.717) is 0 Å². The summed E-state index contributed by atoms with van der Waals surface area (Å²) in [6.07, 6.45) is 0. The highest BCUT2D eigenvalue weighted by Crippen LogP contribution is 2.21. The van der Waals surface area contributed by atoms with E-state index in [2.05, 4.69) is 10.6 Å². The van der Waals surface area contributed by atoms with Gasteiger partial charge in [0.2, 0.25) is 11.8 Å². The van der Waals surface area contributed by atoms with Crippen molar-refractivity contribution in [3.63, 3.8) is 0 Å². The van der Waals surface area contributed by atoms with Crippen LogP contribution in [0.2, 0.25) is 0 Å². The van der Waals surface area contributed by atoms with Crippen LogP contribution in [0.5, 0.6) is 0 Å². The first-order valence-electron chi connectivity index (χ1n) is 7.25. The molecule has 1 unspecified atom stereocenters. The maximum atomic E-state index is 12.3. The molecule has 0 bridgehead atoms. The Kier molecular flexibility index (Phi) is 5.31. The average Bonchev–Trinajstić information content (AvgIpc) is 2.53. The Morgan fingerprint density at radius 2 is 1.27 bits per heavy atom. The summed E-state index contributed by atoms with van der Waals surface area (Å²) in [4.78, 5) is 23.4.